The summed E-state index contributed by atoms with van der Waals surface area (Å²) in [6.07, 6.45) is 5.31. The van der Waals surface area contributed by atoms with Gasteiger partial charge in [-0.2, -0.15) is 5.10 Å². The second kappa shape index (κ2) is 7.59. The Kier molecular flexibility index (Phi) is 5.00. The Balaban J connectivity index is 1.54. The predicted molar refractivity (Wildman–Crippen MR) is 111 cm³/mol. The third-order valence-corrected chi connectivity index (χ3v) is 5.47. The molecule has 1 fully saturated rings. The molecule has 0 aliphatic carbocycles. The lowest BCUT2D eigenvalue weighted by molar-refractivity contribution is 0.0897. The average molecular weight is 378 g/mol. The Morgan fingerprint density at radius 3 is 2.71 bits per heavy atom. The topological polar surface area (TPSA) is 99.9 Å². The number of anilines is 1. The first kappa shape index (κ1) is 18.4. The fourth-order valence-corrected chi connectivity index (χ4v) is 3.80. The van der Waals surface area contributed by atoms with E-state index in [1.165, 1.54) is 0 Å². The molecule has 1 aliphatic heterocycles. The number of nitrogen functional groups attached to an aromatic ring is 1. The Morgan fingerprint density at radius 2 is 2.00 bits per heavy atom. The van der Waals surface area contributed by atoms with Gasteiger partial charge in [0.25, 0.3) is 5.91 Å². The fourth-order valence-electron chi connectivity index (χ4n) is 3.80. The van der Waals surface area contributed by atoms with Gasteiger partial charge in [-0.05, 0) is 50.5 Å². The summed E-state index contributed by atoms with van der Waals surface area (Å²) in [4.78, 5) is 19.5. The highest BCUT2D eigenvalue weighted by atomic mass is 16.2. The van der Waals surface area contributed by atoms with Gasteiger partial charge in [0.1, 0.15) is 0 Å². The van der Waals surface area contributed by atoms with Gasteiger partial charge in [-0.3, -0.25) is 14.9 Å². The molecule has 0 spiro atoms. The van der Waals surface area contributed by atoms with Crippen LogP contribution in [0.2, 0.25) is 0 Å². The van der Waals surface area contributed by atoms with Crippen LogP contribution in [0.4, 0.5) is 5.69 Å². The Hall–Kier alpha value is -2.93. The summed E-state index contributed by atoms with van der Waals surface area (Å²) in [5.41, 5.74) is 9.59. The van der Waals surface area contributed by atoms with Crippen molar-refractivity contribution in [1.82, 2.24) is 25.4 Å². The van der Waals surface area contributed by atoms with E-state index in [0.717, 1.165) is 48.0 Å². The van der Waals surface area contributed by atoms with E-state index in [4.69, 9.17) is 5.73 Å². The number of rotatable bonds is 4. The molecular weight excluding hydrogens is 352 g/mol. The number of nitrogens with two attached hydrogens (primary N) is 1. The van der Waals surface area contributed by atoms with Crippen LogP contribution in [0.25, 0.3) is 22.0 Å². The first-order valence-electron chi connectivity index (χ1n) is 9.75. The number of hydrogen-bond donors (Lipinski definition) is 3. The largest absolute Gasteiger partial charge is 0.397 e. The second-order valence-electron chi connectivity index (χ2n) is 7.72. The van der Waals surface area contributed by atoms with Gasteiger partial charge in [-0.25, -0.2) is 0 Å². The maximum absolute atomic E-state index is 12.9. The quantitative estimate of drug-likeness (QED) is 0.648. The van der Waals surface area contributed by atoms with Gasteiger partial charge in [-0.1, -0.05) is 6.07 Å². The number of hydrogen-bond acceptors (Lipinski definition) is 5. The SMILES string of the molecule is CC(C)N1CCC(NC(=O)c2n[nH]c3ccc(-c4cncc(N)c4)cc23)CC1. The highest BCUT2D eigenvalue weighted by Gasteiger charge is 2.24. The maximum Gasteiger partial charge on any atom is 0.272 e. The van der Waals surface area contributed by atoms with Crippen molar-refractivity contribution in [2.75, 3.05) is 18.8 Å². The minimum atomic E-state index is -0.128. The van der Waals surface area contributed by atoms with Crippen LogP contribution >= 0.6 is 0 Å². The molecule has 3 aromatic rings. The molecule has 0 atom stereocenters. The number of pyridine rings is 1. The third-order valence-electron chi connectivity index (χ3n) is 5.47. The molecular formula is C21H26N6O. The van der Waals surface area contributed by atoms with Crippen molar-refractivity contribution in [2.24, 2.45) is 0 Å². The number of carbonyl (C=O) groups excluding carboxylic acids is 1. The summed E-state index contributed by atoms with van der Waals surface area (Å²) in [5.74, 6) is -0.128. The summed E-state index contributed by atoms with van der Waals surface area (Å²) < 4.78 is 0. The molecule has 1 saturated heterocycles. The van der Waals surface area contributed by atoms with Crippen LogP contribution in [-0.4, -0.2) is 51.2 Å². The predicted octanol–water partition coefficient (Wildman–Crippen LogP) is 2.81. The fraction of sp³-hybridized carbons (Fsp3) is 0.381. The van der Waals surface area contributed by atoms with Crippen LogP contribution in [0.3, 0.4) is 0 Å². The minimum Gasteiger partial charge on any atom is -0.397 e. The zero-order valence-electron chi connectivity index (χ0n) is 16.3. The molecule has 4 rings (SSSR count). The lowest BCUT2D eigenvalue weighted by atomic mass is 10.0. The van der Waals surface area contributed by atoms with E-state index in [2.05, 4.69) is 39.2 Å². The molecule has 0 saturated carbocycles. The Labute approximate surface area is 164 Å². The van der Waals surface area contributed by atoms with Gasteiger partial charge < -0.3 is 16.0 Å². The molecule has 1 aromatic carbocycles. The molecule has 3 heterocycles. The van der Waals surface area contributed by atoms with Crippen LogP contribution in [0.1, 0.15) is 37.2 Å². The second-order valence-corrected chi connectivity index (χ2v) is 7.72. The Bertz CT molecular complexity index is 987. The van der Waals surface area contributed by atoms with Crippen LogP contribution in [-0.2, 0) is 0 Å². The highest BCUT2D eigenvalue weighted by Crippen LogP contribution is 2.26. The van der Waals surface area contributed by atoms with Gasteiger partial charge in [0.2, 0.25) is 0 Å². The number of benzene rings is 1. The number of amides is 1. The zero-order chi connectivity index (χ0) is 19.7. The van der Waals surface area contributed by atoms with E-state index in [-0.39, 0.29) is 11.9 Å². The number of nitrogens with one attached hydrogen (secondary N) is 2. The lowest BCUT2D eigenvalue weighted by Crippen LogP contribution is -2.46. The van der Waals surface area contributed by atoms with E-state index in [9.17, 15) is 4.79 Å². The number of likely N-dealkylation sites (tertiary alicyclic amines) is 1. The van der Waals surface area contributed by atoms with E-state index >= 15 is 0 Å². The summed E-state index contributed by atoms with van der Waals surface area (Å²) in [7, 11) is 0. The molecule has 28 heavy (non-hydrogen) atoms. The summed E-state index contributed by atoms with van der Waals surface area (Å²) in [6, 6.07) is 8.48. The van der Waals surface area contributed by atoms with Gasteiger partial charge in [0, 0.05) is 48.5 Å². The Morgan fingerprint density at radius 1 is 1.21 bits per heavy atom. The van der Waals surface area contributed by atoms with Crippen LogP contribution < -0.4 is 11.1 Å². The number of fused-ring (bicyclic) bond motifs is 1. The molecule has 1 amide bonds. The molecule has 4 N–H and O–H groups in total. The van der Waals surface area contributed by atoms with Crippen molar-refractivity contribution in [3.05, 3.63) is 42.4 Å². The molecule has 7 nitrogen and oxygen atoms in total. The standard InChI is InChI=1S/C21H26N6O/c1-13(2)27-7-5-17(6-8-27)24-21(28)20-18-10-14(3-4-19(18)25-26-20)15-9-16(22)12-23-11-15/h3-4,9-13,17H,5-8,22H2,1-2H3,(H,24,28)(H,25,26). The smallest absolute Gasteiger partial charge is 0.272 e. The van der Waals surface area contributed by atoms with E-state index in [1.807, 2.05) is 24.3 Å². The van der Waals surface area contributed by atoms with Crippen molar-refractivity contribution < 1.29 is 4.79 Å². The number of piperidine rings is 1. The van der Waals surface area contributed by atoms with Crippen molar-refractivity contribution in [2.45, 2.75) is 38.8 Å². The van der Waals surface area contributed by atoms with Crippen molar-refractivity contribution in [3.8, 4) is 11.1 Å². The highest BCUT2D eigenvalue weighted by molar-refractivity contribution is 6.05. The van der Waals surface area contributed by atoms with Crippen LogP contribution in [0.5, 0.6) is 0 Å². The molecule has 2 aromatic heterocycles. The molecule has 146 valence electrons. The van der Waals surface area contributed by atoms with Crippen molar-refractivity contribution >= 4 is 22.5 Å². The van der Waals surface area contributed by atoms with Gasteiger partial charge in [0.05, 0.1) is 11.2 Å². The van der Waals surface area contributed by atoms with E-state index in [1.54, 1.807) is 12.4 Å². The number of carbonyl (C=O) groups is 1. The summed E-state index contributed by atoms with van der Waals surface area (Å²) >= 11 is 0. The van der Waals surface area contributed by atoms with Crippen LogP contribution in [0, 0.1) is 0 Å². The van der Waals surface area contributed by atoms with Crippen molar-refractivity contribution in [1.29, 1.82) is 0 Å². The minimum absolute atomic E-state index is 0.128. The number of aromatic nitrogens is 3. The number of H-pyrrole nitrogens is 1. The average Bonchev–Trinajstić information content (AvgIpc) is 3.11. The molecule has 7 heteroatoms. The van der Waals surface area contributed by atoms with E-state index in [0.29, 0.717) is 17.4 Å². The van der Waals surface area contributed by atoms with Crippen LogP contribution in [0.15, 0.2) is 36.7 Å². The first-order valence-corrected chi connectivity index (χ1v) is 9.75. The number of aromatic amines is 1. The normalized spacial score (nSPS) is 16.0. The maximum atomic E-state index is 12.9. The number of nitrogens with zero attached hydrogens (tertiary/aromatic N) is 3. The molecule has 0 unspecified atom stereocenters. The summed E-state index contributed by atoms with van der Waals surface area (Å²) in [6.45, 7) is 6.44. The van der Waals surface area contributed by atoms with E-state index < -0.39 is 0 Å². The first-order chi connectivity index (χ1) is 13.5. The lowest BCUT2D eigenvalue weighted by Gasteiger charge is -2.34. The monoisotopic (exact) mass is 378 g/mol. The molecule has 0 bridgehead atoms. The van der Waals surface area contributed by atoms with Crippen molar-refractivity contribution in [3.63, 3.8) is 0 Å². The van der Waals surface area contributed by atoms with Gasteiger partial charge >= 0.3 is 0 Å². The third kappa shape index (κ3) is 3.71. The van der Waals surface area contributed by atoms with Gasteiger partial charge in [-0.15, -0.1) is 0 Å². The molecule has 1 aliphatic rings. The molecule has 0 radical (unpaired) electrons. The van der Waals surface area contributed by atoms with Gasteiger partial charge in [0.15, 0.2) is 5.69 Å². The summed E-state index contributed by atoms with van der Waals surface area (Å²) in [5, 5.41) is 11.2. The zero-order valence-corrected chi connectivity index (χ0v) is 16.3.